The van der Waals surface area contributed by atoms with E-state index in [1.807, 2.05) is 18.3 Å². The maximum absolute atomic E-state index is 12.5. The fourth-order valence-corrected chi connectivity index (χ4v) is 5.19. The van der Waals surface area contributed by atoms with Crippen molar-refractivity contribution in [3.05, 3.63) is 41.9 Å². The minimum absolute atomic E-state index is 0.0615. The third-order valence-corrected chi connectivity index (χ3v) is 7.58. The minimum atomic E-state index is -0.761. The molecule has 3 aromatic rings. The van der Waals surface area contributed by atoms with Crippen LogP contribution in [0.25, 0.3) is 5.65 Å². The van der Waals surface area contributed by atoms with Crippen LogP contribution in [0, 0.1) is 5.41 Å². The van der Waals surface area contributed by atoms with Crippen LogP contribution >= 0.6 is 0 Å². The van der Waals surface area contributed by atoms with Crippen LogP contribution in [0.5, 0.6) is 0 Å². The highest BCUT2D eigenvalue weighted by Crippen LogP contribution is 2.78. The quantitative estimate of drug-likeness (QED) is 0.472. The van der Waals surface area contributed by atoms with Crippen molar-refractivity contribution < 1.29 is 14.3 Å². The van der Waals surface area contributed by atoms with Gasteiger partial charge in [-0.15, -0.1) is 5.10 Å². The van der Waals surface area contributed by atoms with E-state index >= 15 is 0 Å². The van der Waals surface area contributed by atoms with Crippen LogP contribution in [-0.2, 0) is 14.9 Å². The van der Waals surface area contributed by atoms with Crippen molar-refractivity contribution >= 4 is 34.8 Å². The highest BCUT2D eigenvalue weighted by molar-refractivity contribution is 6.00. The molecule has 11 heteroatoms. The molecule has 2 amide bonds. The van der Waals surface area contributed by atoms with Crippen LogP contribution in [0.4, 0.5) is 17.3 Å². The number of hydrogen-bond donors (Lipinski definition) is 3. The Kier molecular flexibility index (Phi) is 4.37. The normalized spacial score (nSPS) is 22.5. The fourth-order valence-electron chi connectivity index (χ4n) is 5.19. The minimum Gasteiger partial charge on any atom is -0.378 e. The molecule has 3 aromatic heterocycles. The van der Waals surface area contributed by atoms with Gasteiger partial charge in [-0.3, -0.25) is 14.6 Å². The number of nitrogens with two attached hydrogens (primary N) is 1. The van der Waals surface area contributed by atoms with Crippen LogP contribution in [0.1, 0.15) is 35.3 Å². The molecule has 0 unspecified atom stereocenters. The van der Waals surface area contributed by atoms with Crippen molar-refractivity contribution in [3.63, 3.8) is 0 Å². The summed E-state index contributed by atoms with van der Waals surface area (Å²) in [5.41, 5.74) is 8.09. The Balaban J connectivity index is 1.33. The average Bonchev–Trinajstić information content (AvgIpc) is 3.68. The summed E-state index contributed by atoms with van der Waals surface area (Å²) in [5.74, 6) is -0.331. The summed E-state index contributed by atoms with van der Waals surface area (Å²) in [7, 11) is 3.27. The molecule has 6 rings (SSSR count). The molecule has 11 nitrogen and oxygen atoms in total. The van der Waals surface area contributed by atoms with Crippen LogP contribution in [0.15, 0.2) is 30.6 Å². The molecular formula is C23H26N8O3. The van der Waals surface area contributed by atoms with E-state index in [9.17, 15) is 9.59 Å². The first-order valence-corrected chi connectivity index (χ1v) is 11.3. The summed E-state index contributed by atoms with van der Waals surface area (Å²) >= 11 is 0. The zero-order valence-corrected chi connectivity index (χ0v) is 19.0. The molecule has 3 aliphatic rings. The predicted octanol–water partition coefficient (Wildman–Crippen LogP) is 0.969. The largest absolute Gasteiger partial charge is 0.378 e. The number of rotatable bonds is 7. The second-order valence-electron chi connectivity index (χ2n) is 9.43. The number of fused-ring (bicyclic) bond motifs is 1. The molecule has 3 fully saturated rings. The molecule has 34 heavy (non-hydrogen) atoms. The number of primary amides is 1. The van der Waals surface area contributed by atoms with Gasteiger partial charge < -0.3 is 26.0 Å². The number of anilines is 3. The number of amides is 2. The maximum atomic E-state index is 12.5. The second kappa shape index (κ2) is 7.13. The topological polar surface area (TPSA) is 140 Å². The van der Waals surface area contributed by atoms with Gasteiger partial charge in [0.1, 0.15) is 0 Å². The molecule has 1 spiro atoms. The summed E-state index contributed by atoms with van der Waals surface area (Å²) in [6.07, 6.45) is 6.29. The molecule has 176 valence electrons. The number of nitrogens with one attached hydrogen (secondary N) is 2. The first kappa shape index (κ1) is 20.8. The molecule has 0 bridgehead atoms. The molecule has 2 saturated carbocycles. The average molecular weight is 463 g/mol. The van der Waals surface area contributed by atoms with Gasteiger partial charge in [-0.2, -0.15) is 4.98 Å². The lowest BCUT2D eigenvalue weighted by atomic mass is 9.95. The molecule has 4 N–H and O–H groups in total. The van der Waals surface area contributed by atoms with E-state index in [4.69, 9.17) is 10.5 Å². The number of carbonyl (C=O) groups is 2. The van der Waals surface area contributed by atoms with E-state index in [2.05, 4.69) is 30.6 Å². The number of hydrogen-bond acceptors (Lipinski definition) is 8. The van der Waals surface area contributed by atoms with Gasteiger partial charge in [0.05, 0.1) is 40.3 Å². The Morgan fingerprint density at radius 2 is 2.06 bits per heavy atom. The van der Waals surface area contributed by atoms with Crippen molar-refractivity contribution in [1.82, 2.24) is 24.9 Å². The first-order chi connectivity index (χ1) is 16.4. The third kappa shape index (κ3) is 2.96. The molecule has 2 aliphatic carbocycles. The third-order valence-electron chi connectivity index (χ3n) is 7.58. The summed E-state index contributed by atoms with van der Waals surface area (Å²) < 4.78 is 7.05. The lowest BCUT2D eigenvalue weighted by Gasteiger charge is -2.39. The van der Waals surface area contributed by atoms with Gasteiger partial charge in [-0.1, -0.05) is 0 Å². The molecular weight excluding hydrogens is 436 g/mol. The van der Waals surface area contributed by atoms with Crippen molar-refractivity contribution in [3.8, 4) is 0 Å². The number of carbonyl (C=O) groups excluding carboxylic acids is 2. The summed E-state index contributed by atoms with van der Waals surface area (Å²) in [4.78, 5) is 36.1. The zero-order chi connectivity index (χ0) is 23.7. The highest BCUT2D eigenvalue weighted by atomic mass is 16.5. The summed E-state index contributed by atoms with van der Waals surface area (Å²) in [6, 6.07) is 5.64. The standard InChI is InChI=1S/C23H26N8O3/c1-25-19(32)15-8-26-17(23(20(24)33)12-22(23)5-6-22)7-16(15)27-21-28-18-4-3-13(9-31(18)29-21)30-10-14(11-30)34-2/h3-4,7-9,14H,5-6,10-12H2,1-2H3,(H2,24,33)(H,25,32)(H,26,27,29)/t23-/m1/s1. The van der Waals surface area contributed by atoms with Gasteiger partial charge in [-0.25, -0.2) is 4.52 Å². The Bertz CT molecular complexity index is 1330. The van der Waals surface area contributed by atoms with Gasteiger partial charge in [0.2, 0.25) is 11.9 Å². The second-order valence-corrected chi connectivity index (χ2v) is 9.43. The van der Waals surface area contributed by atoms with Crippen molar-refractivity contribution in [2.45, 2.75) is 30.8 Å². The van der Waals surface area contributed by atoms with Crippen LogP contribution in [0.3, 0.4) is 0 Å². The number of ether oxygens (including phenoxy) is 1. The van der Waals surface area contributed by atoms with E-state index in [1.165, 1.54) is 6.20 Å². The molecule has 0 radical (unpaired) electrons. The number of nitrogens with zero attached hydrogens (tertiary/aromatic N) is 5. The van der Waals surface area contributed by atoms with Gasteiger partial charge in [0.25, 0.3) is 5.91 Å². The number of methoxy groups -OCH3 is 1. The van der Waals surface area contributed by atoms with E-state index < -0.39 is 5.41 Å². The predicted molar refractivity (Wildman–Crippen MR) is 124 cm³/mol. The first-order valence-electron chi connectivity index (χ1n) is 11.3. The van der Waals surface area contributed by atoms with Gasteiger partial charge >= 0.3 is 0 Å². The van der Waals surface area contributed by atoms with E-state index in [1.54, 1.807) is 24.7 Å². The Morgan fingerprint density at radius 3 is 2.71 bits per heavy atom. The lowest BCUT2D eigenvalue weighted by Crippen LogP contribution is -2.51. The lowest BCUT2D eigenvalue weighted by molar-refractivity contribution is -0.121. The smallest absolute Gasteiger partial charge is 0.254 e. The Labute approximate surface area is 195 Å². The van der Waals surface area contributed by atoms with Gasteiger partial charge in [-0.05, 0) is 42.9 Å². The van der Waals surface area contributed by atoms with Crippen molar-refractivity contribution in [2.75, 3.05) is 37.5 Å². The highest BCUT2D eigenvalue weighted by Gasteiger charge is 2.78. The SMILES string of the molecule is CNC(=O)c1cnc([C@@]2(C(N)=O)CC23CC3)cc1Nc1nc2ccc(N3CC(OC)C3)cn2n1. The fraction of sp³-hybridized carbons (Fsp3) is 0.435. The molecule has 0 aromatic carbocycles. The van der Waals surface area contributed by atoms with Crippen molar-refractivity contribution in [2.24, 2.45) is 11.1 Å². The summed E-state index contributed by atoms with van der Waals surface area (Å²) in [5, 5.41) is 10.3. The number of aromatic nitrogens is 4. The van der Waals surface area contributed by atoms with E-state index in [0.717, 1.165) is 31.6 Å². The Morgan fingerprint density at radius 1 is 1.26 bits per heavy atom. The van der Waals surface area contributed by atoms with Gasteiger partial charge in [0, 0.05) is 33.4 Å². The molecule has 1 aliphatic heterocycles. The monoisotopic (exact) mass is 462 g/mol. The van der Waals surface area contributed by atoms with Crippen LogP contribution < -0.4 is 21.3 Å². The van der Waals surface area contributed by atoms with E-state index in [0.29, 0.717) is 35.0 Å². The zero-order valence-electron chi connectivity index (χ0n) is 19.0. The molecule has 1 saturated heterocycles. The maximum Gasteiger partial charge on any atom is 0.254 e. The van der Waals surface area contributed by atoms with Gasteiger partial charge in [0.15, 0.2) is 5.65 Å². The molecule has 1 atom stereocenters. The van der Waals surface area contributed by atoms with E-state index in [-0.39, 0.29) is 23.3 Å². The molecule has 4 heterocycles. The Hall–Kier alpha value is -3.73. The van der Waals surface area contributed by atoms with Crippen molar-refractivity contribution in [1.29, 1.82) is 0 Å². The van der Waals surface area contributed by atoms with Crippen LogP contribution in [0.2, 0.25) is 0 Å². The summed E-state index contributed by atoms with van der Waals surface area (Å²) in [6.45, 7) is 1.67. The number of pyridine rings is 2. The van der Waals surface area contributed by atoms with Crippen LogP contribution in [-0.4, -0.2) is 64.7 Å².